The van der Waals surface area contributed by atoms with Crippen molar-refractivity contribution in [3.63, 3.8) is 0 Å². The van der Waals surface area contributed by atoms with Gasteiger partial charge in [0, 0.05) is 15.5 Å². The zero-order valence-corrected chi connectivity index (χ0v) is 16.9. The first-order valence-corrected chi connectivity index (χ1v) is 9.30. The predicted octanol–water partition coefficient (Wildman–Crippen LogP) is 5.89. The largest absolute Gasteiger partial charge is 0.383 e. The Morgan fingerprint density at radius 3 is 2.40 bits per heavy atom. The lowest BCUT2D eigenvalue weighted by atomic mass is 9.95. The average Bonchev–Trinajstić information content (AvgIpc) is 2.88. The van der Waals surface area contributed by atoms with Crippen LogP contribution in [0.1, 0.15) is 32.2 Å². The topological polar surface area (TPSA) is 43.8 Å². The second-order valence-corrected chi connectivity index (χ2v) is 8.38. The SMILES string of the molecule is CC(C)(C)c1nc(-c2ccc(Cl)c(Br)c2)c(N)n1Cc1ccccc1. The van der Waals surface area contributed by atoms with E-state index in [9.17, 15) is 0 Å². The number of anilines is 1. The lowest BCUT2D eigenvalue weighted by Gasteiger charge is -2.20. The Morgan fingerprint density at radius 1 is 1.12 bits per heavy atom. The summed E-state index contributed by atoms with van der Waals surface area (Å²) in [5.74, 6) is 1.64. The highest BCUT2D eigenvalue weighted by Gasteiger charge is 2.25. The van der Waals surface area contributed by atoms with E-state index < -0.39 is 0 Å². The number of nitrogens with zero attached hydrogens (tertiary/aromatic N) is 2. The average molecular weight is 419 g/mol. The molecule has 3 aromatic rings. The van der Waals surface area contributed by atoms with Crippen LogP contribution in [0.4, 0.5) is 5.82 Å². The minimum Gasteiger partial charge on any atom is -0.383 e. The maximum Gasteiger partial charge on any atom is 0.132 e. The van der Waals surface area contributed by atoms with Crippen molar-refractivity contribution < 1.29 is 0 Å². The van der Waals surface area contributed by atoms with E-state index in [1.807, 2.05) is 36.4 Å². The quantitative estimate of drug-likeness (QED) is 0.576. The first-order valence-electron chi connectivity index (χ1n) is 8.13. The molecule has 0 saturated carbocycles. The zero-order chi connectivity index (χ0) is 18.2. The van der Waals surface area contributed by atoms with Crippen molar-refractivity contribution in [3.8, 4) is 11.3 Å². The van der Waals surface area contributed by atoms with Crippen molar-refractivity contribution in [3.05, 3.63) is 69.4 Å². The van der Waals surface area contributed by atoms with Gasteiger partial charge in [0.15, 0.2) is 0 Å². The Labute approximate surface area is 162 Å². The van der Waals surface area contributed by atoms with Crippen LogP contribution in [0.25, 0.3) is 11.3 Å². The molecule has 0 spiro atoms. The van der Waals surface area contributed by atoms with Crippen molar-refractivity contribution in [2.24, 2.45) is 0 Å². The zero-order valence-electron chi connectivity index (χ0n) is 14.6. The minimum absolute atomic E-state index is 0.120. The van der Waals surface area contributed by atoms with E-state index in [0.717, 1.165) is 21.6 Å². The molecular weight excluding hydrogens is 398 g/mol. The Kier molecular flexibility index (Phi) is 4.94. The van der Waals surface area contributed by atoms with Gasteiger partial charge in [0.2, 0.25) is 0 Å². The number of hydrogen-bond acceptors (Lipinski definition) is 2. The molecule has 3 nitrogen and oxygen atoms in total. The molecule has 0 radical (unpaired) electrons. The summed E-state index contributed by atoms with van der Waals surface area (Å²) in [6.07, 6.45) is 0. The van der Waals surface area contributed by atoms with Gasteiger partial charge >= 0.3 is 0 Å². The molecule has 1 aromatic heterocycles. The number of aromatic nitrogens is 2. The molecule has 0 amide bonds. The molecule has 2 aromatic carbocycles. The van der Waals surface area contributed by atoms with E-state index in [-0.39, 0.29) is 5.41 Å². The molecular formula is C20H21BrClN3. The number of rotatable bonds is 3. The Morgan fingerprint density at radius 2 is 1.80 bits per heavy atom. The van der Waals surface area contributed by atoms with Crippen LogP contribution in [0, 0.1) is 0 Å². The lowest BCUT2D eigenvalue weighted by molar-refractivity contribution is 0.513. The van der Waals surface area contributed by atoms with Gasteiger partial charge < -0.3 is 10.3 Å². The smallest absolute Gasteiger partial charge is 0.132 e. The maximum atomic E-state index is 6.52. The summed E-state index contributed by atoms with van der Waals surface area (Å²) < 4.78 is 2.94. The highest BCUT2D eigenvalue weighted by Crippen LogP contribution is 2.35. The Balaban J connectivity index is 2.13. The third-order valence-electron chi connectivity index (χ3n) is 4.05. The maximum absolute atomic E-state index is 6.52. The molecule has 0 saturated heterocycles. The fourth-order valence-corrected chi connectivity index (χ4v) is 3.32. The normalized spacial score (nSPS) is 11.7. The van der Waals surface area contributed by atoms with Gasteiger partial charge in [-0.25, -0.2) is 4.98 Å². The summed E-state index contributed by atoms with van der Waals surface area (Å²) in [6.45, 7) is 7.15. The van der Waals surface area contributed by atoms with Crippen LogP contribution in [0.2, 0.25) is 5.02 Å². The molecule has 130 valence electrons. The van der Waals surface area contributed by atoms with Gasteiger partial charge in [-0.3, -0.25) is 0 Å². The molecule has 0 unspecified atom stereocenters. The first-order chi connectivity index (χ1) is 11.8. The van der Waals surface area contributed by atoms with E-state index in [2.05, 4.69) is 53.4 Å². The standard InChI is InChI=1S/C20H21BrClN3/c1-20(2,3)19-24-17(14-9-10-16(22)15(21)11-14)18(23)25(19)12-13-7-5-4-6-8-13/h4-11H,12,23H2,1-3H3. The van der Waals surface area contributed by atoms with E-state index in [1.54, 1.807) is 0 Å². The number of imidazole rings is 1. The molecule has 0 aliphatic rings. The number of nitrogen functional groups attached to an aromatic ring is 1. The molecule has 2 N–H and O–H groups in total. The minimum atomic E-state index is -0.120. The third kappa shape index (κ3) is 3.75. The number of nitrogens with two attached hydrogens (primary N) is 1. The van der Waals surface area contributed by atoms with E-state index in [0.29, 0.717) is 17.4 Å². The van der Waals surface area contributed by atoms with Gasteiger partial charge in [-0.15, -0.1) is 0 Å². The fourth-order valence-electron chi connectivity index (χ4n) is 2.82. The summed E-state index contributed by atoms with van der Waals surface area (Å²) in [5.41, 5.74) is 9.34. The molecule has 0 aliphatic carbocycles. The van der Waals surface area contributed by atoms with E-state index in [1.165, 1.54) is 5.56 Å². The molecule has 5 heteroatoms. The van der Waals surface area contributed by atoms with Gasteiger partial charge in [0.1, 0.15) is 17.3 Å². The Bertz CT molecular complexity index is 895. The van der Waals surface area contributed by atoms with E-state index in [4.69, 9.17) is 22.3 Å². The fraction of sp³-hybridized carbons (Fsp3) is 0.250. The second kappa shape index (κ2) is 6.85. The van der Waals surface area contributed by atoms with Crippen LogP contribution in [0.3, 0.4) is 0 Å². The van der Waals surface area contributed by atoms with Crippen molar-refractivity contribution in [1.29, 1.82) is 0 Å². The molecule has 0 atom stereocenters. The van der Waals surface area contributed by atoms with Crippen LogP contribution >= 0.6 is 27.5 Å². The Hall–Kier alpha value is -1.78. The van der Waals surface area contributed by atoms with Crippen molar-refractivity contribution in [2.75, 3.05) is 5.73 Å². The predicted molar refractivity (Wildman–Crippen MR) is 109 cm³/mol. The van der Waals surface area contributed by atoms with Gasteiger partial charge in [-0.1, -0.05) is 68.8 Å². The van der Waals surface area contributed by atoms with Crippen molar-refractivity contribution in [2.45, 2.75) is 32.7 Å². The van der Waals surface area contributed by atoms with Gasteiger partial charge in [-0.05, 0) is 33.6 Å². The van der Waals surface area contributed by atoms with Gasteiger partial charge in [0.25, 0.3) is 0 Å². The molecule has 0 aliphatic heterocycles. The van der Waals surface area contributed by atoms with Crippen LogP contribution in [0.15, 0.2) is 53.0 Å². The first kappa shape index (κ1) is 18.0. The summed E-state index contributed by atoms with van der Waals surface area (Å²) in [7, 11) is 0. The van der Waals surface area contributed by atoms with Gasteiger partial charge in [0.05, 0.1) is 11.6 Å². The highest BCUT2D eigenvalue weighted by molar-refractivity contribution is 9.10. The summed E-state index contributed by atoms with van der Waals surface area (Å²) >= 11 is 9.60. The van der Waals surface area contributed by atoms with Crippen molar-refractivity contribution >= 4 is 33.3 Å². The van der Waals surface area contributed by atoms with Crippen LogP contribution in [0.5, 0.6) is 0 Å². The third-order valence-corrected chi connectivity index (χ3v) is 5.27. The highest BCUT2D eigenvalue weighted by atomic mass is 79.9. The van der Waals surface area contributed by atoms with Crippen LogP contribution in [-0.4, -0.2) is 9.55 Å². The monoisotopic (exact) mass is 417 g/mol. The van der Waals surface area contributed by atoms with Crippen LogP contribution < -0.4 is 5.73 Å². The molecule has 1 heterocycles. The van der Waals surface area contributed by atoms with Crippen molar-refractivity contribution in [1.82, 2.24) is 9.55 Å². The molecule has 3 rings (SSSR count). The van der Waals surface area contributed by atoms with Crippen LogP contribution in [-0.2, 0) is 12.0 Å². The summed E-state index contributed by atoms with van der Waals surface area (Å²) in [5, 5.41) is 0.669. The molecule has 0 fully saturated rings. The molecule has 0 bridgehead atoms. The lowest BCUT2D eigenvalue weighted by Crippen LogP contribution is -2.20. The van der Waals surface area contributed by atoms with Gasteiger partial charge in [-0.2, -0.15) is 0 Å². The van der Waals surface area contributed by atoms with E-state index >= 15 is 0 Å². The summed E-state index contributed by atoms with van der Waals surface area (Å²) in [6, 6.07) is 16.1. The second-order valence-electron chi connectivity index (χ2n) is 7.12. The molecule has 25 heavy (non-hydrogen) atoms. The summed E-state index contributed by atoms with van der Waals surface area (Å²) in [4.78, 5) is 4.89. The number of hydrogen-bond donors (Lipinski definition) is 1. The number of halogens is 2. The number of benzene rings is 2.